The monoisotopic (exact) mass is 255 g/mol. The molecule has 5 nitrogen and oxygen atoms in total. The third-order valence-electron chi connectivity index (χ3n) is 1.35. The molecule has 9 heteroatoms. The first-order chi connectivity index (χ1) is 6.84. The summed E-state index contributed by atoms with van der Waals surface area (Å²) in [5, 5.41) is 0. The van der Waals surface area contributed by atoms with E-state index in [4.69, 9.17) is 0 Å². The summed E-state index contributed by atoms with van der Waals surface area (Å²) >= 11 is 0. The van der Waals surface area contributed by atoms with Gasteiger partial charge in [-0.25, -0.2) is 8.78 Å². The summed E-state index contributed by atoms with van der Waals surface area (Å²) in [5.74, 6) is -3.06. The van der Waals surface area contributed by atoms with Gasteiger partial charge in [-0.05, 0) is 15.9 Å². The zero-order valence-corrected chi connectivity index (χ0v) is 8.52. The second kappa shape index (κ2) is 4.03. The minimum atomic E-state index is -4.72. The summed E-state index contributed by atoms with van der Waals surface area (Å²) in [5.41, 5.74) is 0. The highest BCUT2D eigenvalue weighted by Gasteiger charge is 2.21. The van der Waals surface area contributed by atoms with E-state index in [1.165, 1.54) is 0 Å². The number of halogens is 2. The van der Waals surface area contributed by atoms with Gasteiger partial charge in [-0.3, -0.25) is 0 Å². The maximum Gasteiger partial charge on any atom is 0.327 e. The van der Waals surface area contributed by atoms with Crippen LogP contribution in [-0.2, 0) is 20.5 Å². The predicted octanol–water partition coefficient (Wildman–Crippen LogP) is 0.716. The van der Waals surface area contributed by atoms with Crippen molar-refractivity contribution in [2.24, 2.45) is 3.77 Å². The first-order valence-electron chi connectivity index (χ1n) is 3.36. The van der Waals surface area contributed by atoms with Crippen LogP contribution in [0.1, 0.15) is 0 Å². The first-order valence-corrected chi connectivity index (χ1v) is 5.83. The lowest BCUT2D eigenvalue weighted by molar-refractivity contribution is 0.485. The standard InChI is InChI=1S/C6H3F2NO4S2/c7-4-2-1-3-5(6(4)8)15(12,13)9-14(10)11/h1-3H. The third kappa shape index (κ3) is 2.57. The molecule has 0 radical (unpaired) electrons. The van der Waals surface area contributed by atoms with E-state index in [0.29, 0.717) is 12.1 Å². The Morgan fingerprint density at radius 3 is 2.33 bits per heavy atom. The highest BCUT2D eigenvalue weighted by Crippen LogP contribution is 2.18. The molecule has 1 aromatic carbocycles. The van der Waals surface area contributed by atoms with E-state index in [0.717, 1.165) is 6.07 Å². The fraction of sp³-hybridized carbons (Fsp3) is 0. The van der Waals surface area contributed by atoms with Crippen molar-refractivity contribution in [3.8, 4) is 0 Å². The Morgan fingerprint density at radius 1 is 1.20 bits per heavy atom. The van der Waals surface area contributed by atoms with E-state index in [1.807, 2.05) is 0 Å². The molecule has 0 amide bonds. The largest absolute Gasteiger partial charge is 0.327 e. The molecule has 0 N–H and O–H groups in total. The van der Waals surface area contributed by atoms with Gasteiger partial charge in [-0.2, -0.15) is 16.8 Å². The van der Waals surface area contributed by atoms with Gasteiger partial charge < -0.3 is 0 Å². The number of benzene rings is 1. The molecule has 0 bridgehead atoms. The Morgan fingerprint density at radius 2 is 1.80 bits per heavy atom. The number of hydrogen-bond donors (Lipinski definition) is 0. The maximum absolute atomic E-state index is 12.9. The summed E-state index contributed by atoms with van der Waals surface area (Å²) in [6, 6.07) is 2.33. The summed E-state index contributed by atoms with van der Waals surface area (Å²) in [4.78, 5) is -1.12. The highest BCUT2D eigenvalue weighted by atomic mass is 32.2. The lowest BCUT2D eigenvalue weighted by Gasteiger charge is -1.98. The molecular formula is C6H3F2NO4S2. The van der Waals surface area contributed by atoms with Crippen molar-refractivity contribution < 1.29 is 25.6 Å². The average molecular weight is 255 g/mol. The lowest BCUT2D eigenvalue weighted by atomic mass is 10.3. The van der Waals surface area contributed by atoms with Crippen molar-refractivity contribution in [3.63, 3.8) is 0 Å². The Balaban J connectivity index is 3.55. The van der Waals surface area contributed by atoms with Crippen molar-refractivity contribution in [2.75, 3.05) is 0 Å². The molecule has 0 fully saturated rings. The van der Waals surface area contributed by atoms with Crippen LogP contribution in [0.3, 0.4) is 0 Å². The molecule has 0 heterocycles. The van der Waals surface area contributed by atoms with E-state index in [9.17, 15) is 25.6 Å². The van der Waals surface area contributed by atoms with Crippen LogP contribution in [0.4, 0.5) is 8.78 Å². The van der Waals surface area contributed by atoms with Crippen LogP contribution in [0.15, 0.2) is 26.9 Å². The van der Waals surface area contributed by atoms with E-state index in [-0.39, 0.29) is 0 Å². The van der Waals surface area contributed by atoms with E-state index >= 15 is 0 Å². The molecule has 0 aliphatic carbocycles. The van der Waals surface area contributed by atoms with Gasteiger partial charge in [0.2, 0.25) is 0 Å². The van der Waals surface area contributed by atoms with Crippen LogP contribution in [0.5, 0.6) is 0 Å². The van der Waals surface area contributed by atoms with Crippen molar-refractivity contribution in [1.29, 1.82) is 0 Å². The first kappa shape index (κ1) is 11.7. The molecule has 0 saturated heterocycles. The topological polar surface area (TPSA) is 80.6 Å². The molecular weight excluding hydrogens is 252 g/mol. The van der Waals surface area contributed by atoms with Crippen LogP contribution in [-0.4, -0.2) is 16.8 Å². The summed E-state index contributed by atoms with van der Waals surface area (Å²) < 4.78 is 70.0. The van der Waals surface area contributed by atoms with E-state index < -0.39 is 37.1 Å². The van der Waals surface area contributed by atoms with Crippen LogP contribution in [0.25, 0.3) is 0 Å². The van der Waals surface area contributed by atoms with Gasteiger partial charge in [0.25, 0.3) is 10.0 Å². The normalized spacial score (nSPS) is 11.1. The van der Waals surface area contributed by atoms with Crippen LogP contribution >= 0.6 is 0 Å². The number of sulfonamides is 1. The van der Waals surface area contributed by atoms with Crippen molar-refractivity contribution >= 4 is 20.5 Å². The van der Waals surface area contributed by atoms with Gasteiger partial charge in [0.05, 0.1) is 0 Å². The fourth-order valence-electron chi connectivity index (χ4n) is 0.804. The van der Waals surface area contributed by atoms with Crippen molar-refractivity contribution in [3.05, 3.63) is 29.8 Å². The molecule has 0 aliphatic rings. The van der Waals surface area contributed by atoms with Crippen molar-refractivity contribution in [1.82, 2.24) is 0 Å². The molecule has 15 heavy (non-hydrogen) atoms. The summed E-state index contributed by atoms with van der Waals surface area (Å²) in [6.07, 6.45) is 0. The van der Waals surface area contributed by atoms with E-state index in [1.54, 1.807) is 0 Å². The average Bonchev–Trinajstić information content (AvgIpc) is 2.07. The predicted molar refractivity (Wildman–Crippen MR) is 44.9 cm³/mol. The zero-order valence-electron chi connectivity index (χ0n) is 6.88. The molecule has 0 saturated carbocycles. The molecule has 0 unspecified atom stereocenters. The van der Waals surface area contributed by atoms with E-state index in [2.05, 4.69) is 3.77 Å². The second-order valence-corrected chi connectivity index (χ2v) is 4.74. The third-order valence-corrected chi connectivity index (χ3v) is 3.50. The molecule has 0 spiro atoms. The van der Waals surface area contributed by atoms with Gasteiger partial charge >= 0.3 is 10.5 Å². The number of rotatable bonds is 2. The Labute approximate surface area is 85.1 Å². The minimum absolute atomic E-state index is 0.697. The zero-order chi connectivity index (χ0) is 11.6. The van der Waals surface area contributed by atoms with Gasteiger partial charge in [-0.15, -0.1) is 0 Å². The number of hydrogen-bond acceptors (Lipinski definition) is 4. The molecule has 0 atom stereocenters. The Hall–Kier alpha value is -1.35. The number of nitrogens with zero attached hydrogens (tertiary/aromatic N) is 1. The smallest absolute Gasteiger partial charge is 0.204 e. The van der Waals surface area contributed by atoms with Crippen LogP contribution < -0.4 is 0 Å². The van der Waals surface area contributed by atoms with Crippen molar-refractivity contribution in [2.45, 2.75) is 4.90 Å². The van der Waals surface area contributed by atoms with Crippen LogP contribution in [0.2, 0.25) is 0 Å². The Kier molecular flexibility index (Phi) is 3.15. The SMILES string of the molecule is O=S(=O)=NS(=O)(=O)c1cccc(F)c1F. The quantitative estimate of drug-likeness (QED) is 0.779. The van der Waals surface area contributed by atoms with Gasteiger partial charge in [0, 0.05) is 0 Å². The molecule has 0 aromatic heterocycles. The second-order valence-electron chi connectivity index (χ2n) is 2.32. The van der Waals surface area contributed by atoms with Crippen LogP contribution in [0, 0.1) is 11.6 Å². The maximum atomic E-state index is 12.9. The van der Waals surface area contributed by atoms with Gasteiger partial charge in [0.1, 0.15) is 4.90 Å². The summed E-state index contributed by atoms with van der Waals surface area (Å²) in [7, 11) is -7.97. The molecule has 0 aliphatic heterocycles. The Bertz CT molecular complexity index is 613. The van der Waals surface area contributed by atoms with Gasteiger partial charge in [0.15, 0.2) is 11.6 Å². The minimum Gasteiger partial charge on any atom is -0.204 e. The highest BCUT2D eigenvalue weighted by molar-refractivity contribution is 7.94. The molecule has 1 rings (SSSR count). The summed E-state index contributed by atoms with van der Waals surface area (Å²) in [6.45, 7) is 0. The lowest BCUT2D eigenvalue weighted by Crippen LogP contribution is -2.01. The van der Waals surface area contributed by atoms with Gasteiger partial charge in [-0.1, -0.05) is 6.07 Å². The molecule has 82 valence electrons. The molecule has 1 aromatic rings. The fourth-order valence-corrected chi connectivity index (χ4v) is 2.34.